The predicted molar refractivity (Wildman–Crippen MR) is 62.4 cm³/mol. The largest absolute Gasteiger partial charge is 0.481 e. The third-order valence-corrected chi connectivity index (χ3v) is 2.17. The van der Waals surface area contributed by atoms with E-state index in [0.29, 0.717) is 6.54 Å². The molecular formula is C11H22N2O3. The number of hydrogen-bond acceptors (Lipinski definition) is 2. The molecule has 1 unspecified atom stereocenters. The Morgan fingerprint density at radius 2 is 1.94 bits per heavy atom. The number of urea groups is 1. The van der Waals surface area contributed by atoms with E-state index in [2.05, 4.69) is 17.6 Å². The standard InChI is InChI=1S/C11H22N2O3/c1-3-4-5-6-7-12-11(16)13-9(2)8-10(14)15/h9H,3-8H2,1-2H3,(H,14,15)(H2,12,13,16). The highest BCUT2D eigenvalue weighted by Crippen LogP contribution is 1.97. The summed E-state index contributed by atoms with van der Waals surface area (Å²) in [5, 5.41) is 13.8. The average molecular weight is 230 g/mol. The average Bonchev–Trinajstić information content (AvgIpc) is 2.15. The lowest BCUT2D eigenvalue weighted by atomic mass is 10.2. The molecule has 0 saturated carbocycles. The van der Waals surface area contributed by atoms with E-state index in [9.17, 15) is 9.59 Å². The van der Waals surface area contributed by atoms with E-state index in [4.69, 9.17) is 5.11 Å². The van der Waals surface area contributed by atoms with Crippen molar-refractivity contribution in [1.82, 2.24) is 10.6 Å². The summed E-state index contributed by atoms with van der Waals surface area (Å²) in [6.45, 7) is 4.45. The van der Waals surface area contributed by atoms with Gasteiger partial charge in [0.1, 0.15) is 0 Å². The van der Waals surface area contributed by atoms with Gasteiger partial charge in [0.15, 0.2) is 0 Å². The maximum Gasteiger partial charge on any atom is 0.315 e. The van der Waals surface area contributed by atoms with Crippen LogP contribution in [-0.4, -0.2) is 29.7 Å². The van der Waals surface area contributed by atoms with E-state index in [0.717, 1.165) is 12.8 Å². The number of aliphatic carboxylic acids is 1. The lowest BCUT2D eigenvalue weighted by Gasteiger charge is -2.12. The first kappa shape index (κ1) is 14.7. The van der Waals surface area contributed by atoms with Crippen LogP contribution in [0.1, 0.15) is 46.0 Å². The van der Waals surface area contributed by atoms with Crippen molar-refractivity contribution in [2.45, 2.75) is 52.0 Å². The highest BCUT2D eigenvalue weighted by Gasteiger charge is 2.09. The molecule has 0 bridgehead atoms. The highest BCUT2D eigenvalue weighted by molar-refractivity contribution is 5.75. The number of carbonyl (C=O) groups is 2. The molecule has 0 heterocycles. The molecule has 0 aliphatic heterocycles. The third kappa shape index (κ3) is 9.30. The van der Waals surface area contributed by atoms with Gasteiger partial charge >= 0.3 is 12.0 Å². The highest BCUT2D eigenvalue weighted by atomic mass is 16.4. The molecule has 94 valence electrons. The zero-order chi connectivity index (χ0) is 12.4. The smallest absolute Gasteiger partial charge is 0.315 e. The molecule has 5 heteroatoms. The van der Waals surface area contributed by atoms with Crippen LogP contribution < -0.4 is 10.6 Å². The Labute approximate surface area is 96.6 Å². The molecule has 0 aliphatic rings. The van der Waals surface area contributed by atoms with Gasteiger partial charge in [0.2, 0.25) is 0 Å². The van der Waals surface area contributed by atoms with Gasteiger partial charge in [-0.25, -0.2) is 4.79 Å². The van der Waals surface area contributed by atoms with E-state index in [-0.39, 0.29) is 18.5 Å². The quantitative estimate of drug-likeness (QED) is 0.556. The summed E-state index contributed by atoms with van der Waals surface area (Å²) in [5.41, 5.74) is 0. The van der Waals surface area contributed by atoms with E-state index >= 15 is 0 Å². The molecular weight excluding hydrogens is 208 g/mol. The topological polar surface area (TPSA) is 78.4 Å². The molecule has 0 rings (SSSR count). The SMILES string of the molecule is CCCCCCNC(=O)NC(C)CC(=O)O. The Bertz CT molecular complexity index is 219. The van der Waals surface area contributed by atoms with Crippen LogP contribution in [0.2, 0.25) is 0 Å². The second-order valence-corrected chi connectivity index (χ2v) is 3.96. The fourth-order valence-corrected chi connectivity index (χ4v) is 1.34. The Kier molecular flexibility index (Phi) is 8.29. The zero-order valence-corrected chi connectivity index (χ0v) is 10.1. The summed E-state index contributed by atoms with van der Waals surface area (Å²) in [5.74, 6) is -0.907. The molecule has 16 heavy (non-hydrogen) atoms. The summed E-state index contributed by atoms with van der Waals surface area (Å²) < 4.78 is 0. The monoisotopic (exact) mass is 230 g/mol. The molecule has 0 saturated heterocycles. The molecule has 0 fully saturated rings. The van der Waals surface area contributed by atoms with Gasteiger partial charge in [-0.15, -0.1) is 0 Å². The van der Waals surface area contributed by atoms with Crippen LogP contribution in [0.5, 0.6) is 0 Å². The van der Waals surface area contributed by atoms with Gasteiger partial charge in [-0.05, 0) is 13.3 Å². The molecule has 2 amide bonds. The predicted octanol–water partition coefficient (Wildman–Crippen LogP) is 1.73. The summed E-state index contributed by atoms with van der Waals surface area (Å²) >= 11 is 0. The molecule has 5 nitrogen and oxygen atoms in total. The summed E-state index contributed by atoms with van der Waals surface area (Å²) in [6, 6.07) is -0.626. The van der Waals surface area contributed by atoms with Crippen LogP contribution in [0.4, 0.5) is 4.79 Å². The Hall–Kier alpha value is -1.26. The normalized spacial score (nSPS) is 11.9. The van der Waals surface area contributed by atoms with Crippen LogP contribution in [-0.2, 0) is 4.79 Å². The van der Waals surface area contributed by atoms with Crippen molar-refractivity contribution >= 4 is 12.0 Å². The second kappa shape index (κ2) is 9.00. The first-order valence-electron chi connectivity index (χ1n) is 5.82. The van der Waals surface area contributed by atoms with Crippen LogP contribution in [0.15, 0.2) is 0 Å². The minimum Gasteiger partial charge on any atom is -0.481 e. The van der Waals surface area contributed by atoms with E-state index < -0.39 is 5.97 Å². The van der Waals surface area contributed by atoms with Crippen LogP contribution in [0, 0.1) is 0 Å². The summed E-state index contributed by atoms with van der Waals surface area (Å²) in [7, 11) is 0. The second-order valence-electron chi connectivity index (χ2n) is 3.96. The van der Waals surface area contributed by atoms with Crippen LogP contribution in [0.25, 0.3) is 0 Å². The third-order valence-electron chi connectivity index (χ3n) is 2.17. The number of nitrogens with one attached hydrogen (secondary N) is 2. The lowest BCUT2D eigenvalue weighted by Crippen LogP contribution is -2.41. The molecule has 3 N–H and O–H groups in total. The van der Waals surface area contributed by atoms with Crippen molar-refractivity contribution in [3.63, 3.8) is 0 Å². The minimum absolute atomic E-state index is 0.0523. The van der Waals surface area contributed by atoms with Gasteiger partial charge in [0, 0.05) is 12.6 Å². The first-order chi connectivity index (χ1) is 7.56. The van der Waals surface area contributed by atoms with Gasteiger partial charge in [0.05, 0.1) is 6.42 Å². The molecule has 0 radical (unpaired) electrons. The van der Waals surface area contributed by atoms with Crippen molar-refractivity contribution in [2.24, 2.45) is 0 Å². The molecule has 0 spiro atoms. The minimum atomic E-state index is -0.907. The van der Waals surface area contributed by atoms with Crippen molar-refractivity contribution in [2.75, 3.05) is 6.54 Å². The number of amides is 2. The Morgan fingerprint density at radius 3 is 2.50 bits per heavy atom. The molecule has 0 aromatic carbocycles. The Morgan fingerprint density at radius 1 is 1.25 bits per heavy atom. The fourth-order valence-electron chi connectivity index (χ4n) is 1.34. The fraction of sp³-hybridized carbons (Fsp3) is 0.818. The van der Waals surface area contributed by atoms with Crippen LogP contribution in [0.3, 0.4) is 0 Å². The van der Waals surface area contributed by atoms with Gasteiger partial charge < -0.3 is 15.7 Å². The van der Waals surface area contributed by atoms with Gasteiger partial charge in [-0.2, -0.15) is 0 Å². The molecule has 0 aromatic rings. The van der Waals surface area contributed by atoms with Gasteiger partial charge in [0.25, 0.3) is 0 Å². The van der Waals surface area contributed by atoms with Crippen molar-refractivity contribution in [3.05, 3.63) is 0 Å². The first-order valence-corrected chi connectivity index (χ1v) is 5.82. The van der Waals surface area contributed by atoms with Gasteiger partial charge in [-0.1, -0.05) is 26.2 Å². The van der Waals surface area contributed by atoms with E-state index in [1.165, 1.54) is 12.8 Å². The zero-order valence-electron chi connectivity index (χ0n) is 10.1. The summed E-state index contributed by atoms with van der Waals surface area (Å²) in [4.78, 5) is 21.6. The maximum absolute atomic E-state index is 11.3. The number of unbranched alkanes of at least 4 members (excludes halogenated alkanes) is 3. The number of carbonyl (C=O) groups excluding carboxylic acids is 1. The molecule has 1 atom stereocenters. The molecule has 0 aromatic heterocycles. The molecule has 0 aliphatic carbocycles. The number of carboxylic acid groups (broad SMARTS) is 1. The van der Waals surface area contributed by atoms with E-state index in [1.54, 1.807) is 6.92 Å². The maximum atomic E-state index is 11.3. The van der Waals surface area contributed by atoms with Crippen molar-refractivity contribution in [1.29, 1.82) is 0 Å². The van der Waals surface area contributed by atoms with Gasteiger partial charge in [-0.3, -0.25) is 4.79 Å². The lowest BCUT2D eigenvalue weighted by molar-refractivity contribution is -0.137. The van der Waals surface area contributed by atoms with Crippen LogP contribution >= 0.6 is 0 Å². The Balaban J connectivity index is 3.47. The number of carboxylic acids is 1. The van der Waals surface area contributed by atoms with E-state index in [1.807, 2.05) is 0 Å². The number of hydrogen-bond donors (Lipinski definition) is 3. The number of rotatable bonds is 8. The summed E-state index contributed by atoms with van der Waals surface area (Å²) in [6.07, 6.45) is 4.37. The van der Waals surface area contributed by atoms with Crippen molar-refractivity contribution < 1.29 is 14.7 Å². The van der Waals surface area contributed by atoms with Crippen molar-refractivity contribution in [3.8, 4) is 0 Å².